The summed E-state index contributed by atoms with van der Waals surface area (Å²) in [5, 5.41) is 0. The van der Waals surface area contributed by atoms with Crippen LogP contribution in [0.15, 0.2) is 18.2 Å². The van der Waals surface area contributed by atoms with E-state index in [2.05, 4.69) is 23.7 Å². The fourth-order valence-corrected chi connectivity index (χ4v) is 4.27. The molecule has 2 aliphatic rings. The zero-order valence-corrected chi connectivity index (χ0v) is 18.5. The number of hydrogen-bond donors (Lipinski definition) is 0. The van der Waals surface area contributed by atoms with E-state index < -0.39 is 5.82 Å². The maximum Gasteiger partial charge on any atom is 0.253 e. The van der Waals surface area contributed by atoms with Gasteiger partial charge in [-0.15, -0.1) is 5.92 Å². The first kappa shape index (κ1) is 22.6. The first-order valence-corrected chi connectivity index (χ1v) is 10.9. The number of amides is 1. The second kappa shape index (κ2) is 9.80. The van der Waals surface area contributed by atoms with Crippen LogP contribution in [0.4, 0.5) is 4.39 Å². The van der Waals surface area contributed by atoms with Gasteiger partial charge in [0, 0.05) is 31.7 Å². The average molecular weight is 417 g/mol. The Balaban J connectivity index is 1.64. The largest absolute Gasteiger partial charge is 0.488 e. The van der Waals surface area contributed by atoms with E-state index in [9.17, 15) is 9.18 Å². The van der Waals surface area contributed by atoms with Crippen molar-refractivity contribution in [3.63, 3.8) is 0 Å². The molecule has 2 fully saturated rings. The Labute approximate surface area is 179 Å². The van der Waals surface area contributed by atoms with Crippen LogP contribution in [0.1, 0.15) is 57.3 Å². The number of ether oxygens (including phenoxy) is 2. The van der Waals surface area contributed by atoms with Crippen LogP contribution < -0.4 is 4.74 Å². The fraction of sp³-hybridized carbons (Fsp3) is 0.625. The normalized spacial score (nSPS) is 21.4. The number of benzene rings is 1. The van der Waals surface area contributed by atoms with Crippen LogP contribution in [0.2, 0.25) is 0 Å². The van der Waals surface area contributed by atoms with Gasteiger partial charge in [-0.05, 0) is 58.2 Å². The van der Waals surface area contributed by atoms with Gasteiger partial charge in [-0.3, -0.25) is 9.69 Å². The highest BCUT2D eigenvalue weighted by molar-refractivity contribution is 5.94. The highest BCUT2D eigenvalue weighted by Crippen LogP contribution is 2.33. The Morgan fingerprint density at radius 2 is 2.10 bits per heavy atom. The third kappa shape index (κ3) is 5.33. The van der Waals surface area contributed by atoms with Gasteiger partial charge in [0.1, 0.15) is 0 Å². The molecule has 0 saturated carbocycles. The first-order valence-electron chi connectivity index (χ1n) is 10.9. The number of likely N-dealkylation sites (tertiary alicyclic amines) is 1. The summed E-state index contributed by atoms with van der Waals surface area (Å²) in [6.45, 7) is 11.4. The third-order valence-electron chi connectivity index (χ3n) is 5.83. The van der Waals surface area contributed by atoms with Crippen molar-refractivity contribution in [1.82, 2.24) is 9.80 Å². The molecule has 0 N–H and O–H groups in total. The quantitative estimate of drug-likeness (QED) is 0.686. The SMILES string of the molecule is CC#CCN1CC(CC)OC2(CCN(C(=O)c3ccc(OC(C)C)c(F)c3)CC2)C1. The number of carbonyl (C=O) groups excluding carboxylic acids is 1. The van der Waals surface area contributed by atoms with Crippen LogP contribution in [0.5, 0.6) is 5.75 Å². The maximum atomic E-state index is 14.3. The molecule has 0 aromatic heterocycles. The van der Waals surface area contributed by atoms with Gasteiger partial charge in [0.15, 0.2) is 11.6 Å². The summed E-state index contributed by atoms with van der Waals surface area (Å²) in [5.41, 5.74) is 0.126. The Kier molecular flexibility index (Phi) is 7.38. The van der Waals surface area contributed by atoms with E-state index in [1.165, 1.54) is 12.1 Å². The number of hydrogen-bond acceptors (Lipinski definition) is 4. The summed E-state index contributed by atoms with van der Waals surface area (Å²) in [4.78, 5) is 17.1. The minimum absolute atomic E-state index is 0.121. The topological polar surface area (TPSA) is 42.0 Å². The summed E-state index contributed by atoms with van der Waals surface area (Å²) in [6, 6.07) is 4.46. The predicted octanol–water partition coefficient (Wildman–Crippen LogP) is 3.72. The third-order valence-corrected chi connectivity index (χ3v) is 5.83. The van der Waals surface area contributed by atoms with Crippen LogP contribution in [0.25, 0.3) is 0 Å². The number of piperidine rings is 1. The van der Waals surface area contributed by atoms with E-state index >= 15 is 0 Å². The monoisotopic (exact) mass is 416 g/mol. The maximum absolute atomic E-state index is 14.3. The lowest BCUT2D eigenvalue weighted by Gasteiger charge is -2.49. The zero-order chi connectivity index (χ0) is 21.7. The van der Waals surface area contributed by atoms with Gasteiger partial charge in [-0.1, -0.05) is 12.8 Å². The molecule has 3 rings (SSSR count). The summed E-state index contributed by atoms with van der Waals surface area (Å²) in [7, 11) is 0. The molecule has 1 spiro atoms. The number of rotatable bonds is 5. The lowest BCUT2D eigenvalue weighted by molar-refractivity contribution is -0.171. The molecule has 0 bridgehead atoms. The molecule has 2 saturated heterocycles. The number of carbonyl (C=O) groups is 1. The lowest BCUT2D eigenvalue weighted by atomic mass is 9.88. The van der Waals surface area contributed by atoms with Crippen molar-refractivity contribution in [2.45, 2.75) is 64.8 Å². The van der Waals surface area contributed by atoms with Crippen molar-refractivity contribution in [3.8, 4) is 17.6 Å². The van der Waals surface area contributed by atoms with Crippen molar-refractivity contribution >= 4 is 5.91 Å². The van der Waals surface area contributed by atoms with Crippen LogP contribution in [-0.2, 0) is 4.74 Å². The number of halogens is 1. The molecular formula is C24H33FN2O3. The van der Waals surface area contributed by atoms with Gasteiger partial charge >= 0.3 is 0 Å². The summed E-state index contributed by atoms with van der Waals surface area (Å²) >= 11 is 0. The lowest BCUT2D eigenvalue weighted by Crippen LogP contribution is -2.60. The second-order valence-corrected chi connectivity index (χ2v) is 8.53. The second-order valence-electron chi connectivity index (χ2n) is 8.53. The minimum atomic E-state index is -0.503. The van der Waals surface area contributed by atoms with Gasteiger partial charge in [0.25, 0.3) is 5.91 Å². The van der Waals surface area contributed by atoms with E-state index in [4.69, 9.17) is 9.47 Å². The molecule has 1 unspecified atom stereocenters. The van der Waals surface area contributed by atoms with Gasteiger partial charge < -0.3 is 14.4 Å². The smallest absolute Gasteiger partial charge is 0.253 e. The van der Waals surface area contributed by atoms with Crippen molar-refractivity contribution in [2.24, 2.45) is 0 Å². The molecule has 1 aromatic rings. The molecule has 5 nitrogen and oxygen atoms in total. The molecule has 30 heavy (non-hydrogen) atoms. The van der Waals surface area contributed by atoms with Gasteiger partial charge in [-0.25, -0.2) is 4.39 Å². The van der Waals surface area contributed by atoms with Crippen molar-refractivity contribution in [1.29, 1.82) is 0 Å². The minimum Gasteiger partial charge on any atom is -0.488 e. The molecule has 1 atom stereocenters. The standard InChI is InChI=1S/C24H33FN2O3/c1-5-7-12-26-16-20(6-2)30-24(17-26)10-13-27(14-11-24)23(28)19-8-9-22(21(25)15-19)29-18(3)4/h8-9,15,18,20H,6,10-14,16-17H2,1-4H3. The predicted molar refractivity (Wildman–Crippen MR) is 115 cm³/mol. The summed E-state index contributed by atoms with van der Waals surface area (Å²) < 4.78 is 26.2. The van der Waals surface area contributed by atoms with E-state index in [0.29, 0.717) is 18.7 Å². The zero-order valence-electron chi connectivity index (χ0n) is 18.5. The van der Waals surface area contributed by atoms with E-state index in [1.807, 2.05) is 20.8 Å². The molecule has 2 aliphatic heterocycles. The van der Waals surface area contributed by atoms with Crippen molar-refractivity contribution in [2.75, 3.05) is 32.7 Å². The fourth-order valence-electron chi connectivity index (χ4n) is 4.27. The Hall–Kier alpha value is -2.10. The van der Waals surface area contributed by atoms with E-state index in [-0.39, 0.29) is 29.5 Å². The number of nitrogens with zero attached hydrogens (tertiary/aromatic N) is 2. The first-order chi connectivity index (χ1) is 14.4. The van der Waals surface area contributed by atoms with Crippen molar-refractivity contribution < 1.29 is 18.7 Å². The molecule has 1 amide bonds. The Morgan fingerprint density at radius 3 is 2.70 bits per heavy atom. The number of morpholine rings is 1. The molecule has 0 aliphatic carbocycles. The van der Waals surface area contributed by atoms with Gasteiger partial charge in [0.05, 0.1) is 24.4 Å². The summed E-state index contributed by atoms with van der Waals surface area (Å²) in [5.74, 6) is 5.67. The highest BCUT2D eigenvalue weighted by Gasteiger charge is 2.43. The summed E-state index contributed by atoms with van der Waals surface area (Å²) in [6.07, 6.45) is 2.60. The average Bonchev–Trinajstić information content (AvgIpc) is 2.73. The van der Waals surface area contributed by atoms with E-state index in [1.54, 1.807) is 11.0 Å². The van der Waals surface area contributed by atoms with Crippen molar-refractivity contribution in [3.05, 3.63) is 29.6 Å². The van der Waals surface area contributed by atoms with Crippen LogP contribution in [0, 0.1) is 17.7 Å². The molecule has 0 radical (unpaired) electrons. The molecular weight excluding hydrogens is 383 g/mol. The van der Waals surface area contributed by atoms with E-state index in [0.717, 1.165) is 38.9 Å². The molecule has 1 aromatic carbocycles. The van der Waals surface area contributed by atoms with Gasteiger partial charge in [-0.2, -0.15) is 0 Å². The van der Waals surface area contributed by atoms with Crippen LogP contribution in [-0.4, -0.2) is 66.2 Å². The Bertz CT molecular complexity index is 806. The van der Waals surface area contributed by atoms with Crippen LogP contribution >= 0.6 is 0 Å². The molecule has 164 valence electrons. The van der Waals surface area contributed by atoms with Gasteiger partial charge in [0.2, 0.25) is 0 Å². The van der Waals surface area contributed by atoms with Crippen LogP contribution in [0.3, 0.4) is 0 Å². The molecule has 2 heterocycles. The Morgan fingerprint density at radius 1 is 1.37 bits per heavy atom. The molecule has 6 heteroatoms. The highest BCUT2D eigenvalue weighted by atomic mass is 19.1.